The molecule has 0 unspecified atom stereocenters. The SMILES string of the molecule is CCOC(=O)c1sc2nc(NC(=O)c3ccc(N4C(=O)CCC4=O)cc3)sc2c1C. The van der Waals surface area contributed by atoms with Gasteiger partial charge in [0.05, 0.1) is 17.0 Å². The van der Waals surface area contributed by atoms with Gasteiger partial charge in [-0.05, 0) is 43.7 Å². The fourth-order valence-corrected chi connectivity index (χ4v) is 5.34. The van der Waals surface area contributed by atoms with Crippen molar-refractivity contribution < 1.29 is 23.9 Å². The van der Waals surface area contributed by atoms with Crippen molar-refractivity contribution in [3.8, 4) is 0 Å². The zero-order valence-electron chi connectivity index (χ0n) is 16.2. The molecule has 154 valence electrons. The van der Waals surface area contributed by atoms with Crippen LogP contribution >= 0.6 is 22.7 Å². The molecule has 1 saturated heterocycles. The van der Waals surface area contributed by atoms with Gasteiger partial charge in [0.1, 0.15) is 9.71 Å². The van der Waals surface area contributed by atoms with Gasteiger partial charge >= 0.3 is 5.97 Å². The van der Waals surface area contributed by atoms with E-state index in [1.165, 1.54) is 22.7 Å². The Bertz CT molecular complexity index is 1160. The Labute approximate surface area is 179 Å². The third kappa shape index (κ3) is 3.59. The summed E-state index contributed by atoms with van der Waals surface area (Å²) >= 11 is 2.53. The summed E-state index contributed by atoms with van der Waals surface area (Å²) in [5.74, 6) is -1.20. The van der Waals surface area contributed by atoms with Crippen LogP contribution in [0.3, 0.4) is 0 Å². The number of aryl methyl sites for hydroxylation is 1. The van der Waals surface area contributed by atoms with Crippen molar-refractivity contribution in [2.45, 2.75) is 26.7 Å². The summed E-state index contributed by atoms with van der Waals surface area (Å²) in [7, 11) is 0. The predicted molar refractivity (Wildman–Crippen MR) is 114 cm³/mol. The number of carbonyl (C=O) groups is 4. The quantitative estimate of drug-likeness (QED) is 0.476. The van der Waals surface area contributed by atoms with Gasteiger partial charge in [-0.3, -0.25) is 24.6 Å². The van der Waals surface area contributed by atoms with Gasteiger partial charge in [0.2, 0.25) is 11.8 Å². The number of nitrogens with zero attached hydrogens (tertiary/aromatic N) is 2. The first-order chi connectivity index (χ1) is 14.4. The zero-order chi connectivity index (χ0) is 21.4. The molecule has 0 spiro atoms. The number of amides is 3. The van der Waals surface area contributed by atoms with Crippen molar-refractivity contribution in [3.05, 3.63) is 40.3 Å². The number of ether oxygens (including phenoxy) is 1. The maximum Gasteiger partial charge on any atom is 0.348 e. The number of hydrogen-bond acceptors (Lipinski definition) is 8. The van der Waals surface area contributed by atoms with Crippen LogP contribution in [-0.4, -0.2) is 35.3 Å². The molecular weight excluding hydrogens is 426 g/mol. The number of hydrogen-bond donors (Lipinski definition) is 1. The Morgan fingerprint density at radius 2 is 1.80 bits per heavy atom. The summed E-state index contributed by atoms with van der Waals surface area (Å²) < 4.78 is 5.89. The minimum atomic E-state index is -0.370. The third-order valence-corrected chi connectivity index (χ3v) is 6.98. The molecule has 4 rings (SSSR count). The Kier molecular flexibility index (Phi) is 5.35. The largest absolute Gasteiger partial charge is 0.462 e. The smallest absolute Gasteiger partial charge is 0.348 e. The van der Waals surface area contributed by atoms with Crippen LogP contribution in [-0.2, 0) is 14.3 Å². The van der Waals surface area contributed by atoms with Crippen molar-refractivity contribution in [3.63, 3.8) is 0 Å². The average molecular weight is 444 g/mol. The first-order valence-corrected chi connectivity index (χ1v) is 10.9. The average Bonchev–Trinajstić information content (AvgIpc) is 3.36. The van der Waals surface area contributed by atoms with Crippen molar-refractivity contribution in [1.29, 1.82) is 0 Å². The Morgan fingerprint density at radius 1 is 1.13 bits per heavy atom. The van der Waals surface area contributed by atoms with Crippen molar-refractivity contribution in [2.75, 3.05) is 16.8 Å². The molecule has 3 aromatic rings. The number of imide groups is 1. The summed E-state index contributed by atoms with van der Waals surface area (Å²) in [6, 6.07) is 6.27. The molecule has 1 aromatic carbocycles. The van der Waals surface area contributed by atoms with E-state index in [2.05, 4.69) is 10.3 Å². The van der Waals surface area contributed by atoms with Gasteiger partial charge in [0.15, 0.2) is 5.13 Å². The number of thiophene rings is 1. The van der Waals surface area contributed by atoms with E-state index in [0.717, 1.165) is 15.2 Å². The second kappa shape index (κ2) is 7.96. The highest BCUT2D eigenvalue weighted by Gasteiger charge is 2.30. The molecule has 0 bridgehead atoms. The second-order valence-corrected chi connectivity index (χ2v) is 8.55. The van der Waals surface area contributed by atoms with Gasteiger partial charge in [-0.25, -0.2) is 9.78 Å². The number of anilines is 2. The van der Waals surface area contributed by atoms with Crippen LogP contribution in [0.1, 0.15) is 45.4 Å². The molecule has 10 heteroatoms. The van der Waals surface area contributed by atoms with Gasteiger partial charge in [-0.2, -0.15) is 0 Å². The number of nitrogens with one attached hydrogen (secondary N) is 1. The molecule has 3 amide bonds. The topological polar surface area (TPSA) is 106 Å². The lowest BCUT2D eigenvalue weighted by Crippen LogP contribution is -2.28. The molecule has 0 atom stereocenters. The zero-order valence-corrected chi connectivity index (χ0v) is 17.8. The lowest BCUT2D eigenvalue weighted by molar-refractivity contribution is -0.121. The molecule has 8 nitrogen and oxygen atoms in total. The van der Waals surface area contributed by atoms with Crippen LogP contribution in [0.15, 0.2) is 24.3 Å². The predicted octanol–water partition coefficient (Wildman–Crippen LogP) is 3.75. The van der Waals surface area contributed by atoms with Crippen molar-refractivity contribution in [2.24, 2.45) is 0 Å². The van der Waals surface area contributed by atoms with Crippen LogP contribution in [0.4, 0.5) is 10.8 Å². The lowest BCUT2D eigenvalue weighted by Gasteiger charge is -2.13. The number of benzene rings is 1. The summed E-state index contributed by atoms with van der Waals surface area (Å²) in [5.41, 5.74) is 1.62. The van der Waals surface area contributed by atoms with E-state index >= 15 is 0 Å². The highest BCUT2D eigenvalue weighted by molar-refractivity contribution is 7.30. The summed E-state index contributed by atoms with van der Waals surface area (Å²) in [5, 5.41) is 3.18. The van der Waals surface area contributed by atoms with Gasteiger partial charge in [-0.1, -0.05) is 11.3 Å². The number of fused-ring (bicyclic) bond motifs is 1. The van der Waals surface area contributed by atoms with E-state index in [-0.39, 0.29) is 36.5 Å². The minimum Gasteiger partial charge on any atom is -0.462 e. The molecule has 1 N–H and O–H groups in total. The second-order valence-electron chi connectivity index (χ2n) is 6.55. The maximum absolute atomic E-state index is 12.6. The molecule has 30 heavy (non-hydrogen) atoms. The third-order valence-electron chi connectivity index (χ3n) is 4.60. The minimum absolute atomic E-state index is 0.208. The van der Waals surface area contributed by atoms with Crippen molar-refractivity contribution in [1.82, 2.24) is 4.98 Å². The fourth-order valence-electron chi connectivity index (χ4n) is 3.13. The van der Waals surface area contributed by atoms with E-state index in [1.54, 1.807) is 31.2 Å². The van der Waals surface area contributed by atoms with Crippen LogP contribution < -0.4 is 10.2 Å². The van der Waals surface area contributed by atoms with Gasteiger partial charge < -0.3 is 4.74 Å². The summed E-state index contributed by atoms with van der Waals surface area (Å²) in [4.78, 5) is 54.9. The van der Waals surface area contributed by atoms with Crippen LogP contribution in [0.5, 0.6) is 0 Å². The molecule has 1 fully saturated rings. The molecule has 0 radical (unpaired) electrons. The molecule has 2 aromatic heterocycles. The lowest BCUT2D eigenvalue weighted by atomic mass is 10.2. The van der Waals surface area contributed by atoms with E-state index < -0.39 is 0 Å². The standard InChI is InChI=1S/C20H17N3O5S2/c1-3-28-19(27)16-10(2)15-18(29-16)22-20(30-15)21-17(26)11-4-6-12(7-5-11)23-13(24)8-9-14(23)25/h4-7H,3,8-9H2,1-2H3,(H,21,22,26). The molecule has 0 saturated carbocycles. The summed E-state index contributed by atoms with van der Waals surface area (Å²) in [6.45, 7) is 3.88. The molecule has 1 aliphatic heterocycles. The first-order valence-electron chi connectivity index (χ1n) is 9.23. The molecular formula is C20H17N3O5S2. The van der Waals surface area contributed by atoms with Crippen LogP contribution in [0.25, 0.3) is 9.53 Å². The highest BCUT2D eigenvalue weighted by Crippen LogP contribution is 2.37. The van der Waals surface area contributed by atoms with E-state index in [9.17, 15) is 19.2 Å². The van der Waals surface area contributed by atoms with Crippen LogP contribution in [0, 0.1) is 6.92 Å². The number of thiazole rings is 1. The van der Waals surface area contributed by atoms with Crippen LogP contribution in [0.2, 0.25) is 0 Å². The Balaban J connectivity index is 1.50. The normalized spacial score (nSPS) is 13.9. The number of rotatable bonds is 5. The van der Waals surface area contributed by atoms with E-state index in [1.807, 2.05) is 6.92 Å². The summed E-state index contributed by atoms with van der Waals surface area (Å²) in [6.07, 6.45) is 0.416. The first kappa shape index (κ1) is 20.2. The monoisotopic (exact) mass is 443 g/mol. The Hall–Kier alpha value is -3.11. The number of carbonyl (C=O) groups excluding carboxylic acids is 4. The molecule has 3 heterocycles. The fraction of sp³-hybridized carbons (Fsp3) is 0.250. The molecule has 0 aliphatic carbocycles. The Morgan fingerprint density at radius 3 is 2.40 bits per heavy atom. The van der Waals surface area contributed by atoms with Gasteiger partial charge in [0, 0.05) is 18.4 Å². The van der Waals surface area contributed by atoms with E-state index in [4.69, 9.17) is 4.74 Å². The number of esters is 1. The molecule has 1 aliphatic rings. The number of aromatic nitrogens is 1. The van der Waals surface area contributed by atoms with E-state index in [0.29, 0.717) is 32.7 Å². The van der Waals surface area contributed by atoms with Gasteiger partial charge in [-0.15, -0.1) is 11.3 Å². The van der Waals surface area contributed by atoms with Gasteiger partial charge in [0.25, 0.3) is 5.91 Å². The maximum atomic E-state index is 12.6. The highest BCUT2D eigenvalue weighted by atomic mass is 32.1. The van der Waals surface area contributed by atoms with Crippen molar-refractivity contribution >= 4 is 66.7 Å².